The van der Waals surface area contributed by atoms with E-state index in [1.165, 1.54) is 11.8 Å². The second kappa shape index (κ2) is 9.36. The number of anilines is 2. The van der Waals surface area contributed by atoms with Gasteiger partial charge in [0.05, 0.1) is 49.7 Å². The van der Waals surface area contributed by atoms with Crippen molar-refractivity contribution in [3.8, 4) is 5.75 Å². The number of ether oxygens (including phenoxy) is 3. The van der Waals surface area contributed by atoms with Gasteiger partial charge in [0.15, 0.2) is 17.4 Å². The number of fused-ring (bicyclic) bond motifs is 3. The lowest BCUT2D eigenvalue weighted by atomic mass is 9.73. The minimum Gasteiger partial charge on any atom is -0.486 e. The monoisotopic (exact) mass is 500 g/mol. The summed E-state index contributed by atoms with van der Waals surface area (Å²) in [6.07, 6.45) is 5.58. The number of nitrogens with zero attached hydrogens (tertiary/aromatic N) is 5. The van der Waals surface area contributed by atoms with Gasteiger partial charge in [-0.05, 0) is 25.8 Å². The van der Waals surface area contributed by atoms with Crippen LogP contribution in [0.1, 0.15) is 25.5 Å². The zero-order valence-electron chi connectivity index (χ0n) is 19.9. The summed E-state index contributed by atoms with van der Waals surface area (Å²) in [5, 5.41) is 10.8. The van der Waals surface area contributed by atoms with E-state index in [0.717, 1.165) is 61.4 Å². The molecule has 2 aromatic heterocycles. The van der Waals surface area contributed by atoms with Gasteiger partial charge in [-0.2, -0.15) is 0 Å². The van der Waals surface area contributed by atoms with Gasteiger partial charge in [0, 0.05) is 37.3 Å². The summed E-state index contributed by atoms with van der Waals surface area (Å²) in [4.78, 5) is 19.5. The van der Waals surface area contributed by atoms with Gasteiger partial charge in [-0.15, -0.1) is 0 Å². The summed E-state index contributed by atoms with van der Waals surface area (Å²) in [6.45, 7) is 6.98. The number of aliphatic hydroxyl groups is 1. The largest absolute Gasteiger partial charge is 0.486 e. The molecule has 0 bridgehead atoms. The van der Waals surface area contributed by atoms with Gasteiger partial charge in [-0.1, -0.05) is 11.8 Å². The number of hydrogen-bond donors (Lipinski definition) is 2. The normalized spacial score (nSPS) is 27.5. The molecule has 2 aromatic rings. The van der Waals surface area contributed by atoms with Gasteiger partial charge in [-0.3, -0.25) is 0 Å². The van der Waals surface area contributed by atoms with E-state index in [1.807, 2.05) is 6.07 Å². The van der Waals surface area contributed by atoms with Crippen LogP contribution in [-0.2, 0) is 16.1 Å². The molecule has 3 fully saturated rings. The molecule has 4 aliphatic rings. The SMILES string of the molecule is C[C@@H]1OCC2(CCN(c3ncc(Sc4ccnc5c4OCC4COCCN54)nc3CO)CC2)[C@@H]1N. The highest BCUT2D eigenvalue weighted by Crippen LogP contribution is 2.44. The number of piperidine rings is 1. The van der Waals surface area contributed by atoms with Crippen LogP contribution in [0, 0.1) is 5.41 Å². The number of morpholine rings is 1. The molecule has 11 heteroatoms. The quantitative estimate of drug-likeness (QED) is 0.635. The van der Waals surface area contributed by atoms with Crippen molar-refractivity contribution in [1.82, 2.24) is 15.0 Å². The van der Waals surface area contributed by atoms with Gasteiger partial charge >= 0.3 is 0 Å². The lowest BCUT2D eigenvalue weighted by Crippen LogP contribution is -2.51. The van der Waals surface area contributed by atoms with Crippen molar-refractivity contribution in [2.75, 3.05) is 55.9 Å². The Morgan fingerprint density at radius 3 is 2.83 bits per heavy atom. The molecule has 0 saturated carbocycles. The Labute approximate surface area is 209 Å². The smallest absolute Gasteiger partial charge is 0.175 e. The van der Waals surface area contributed by atoms with Crippen LogP contribution in [0.15, 0.2) is 28.4 Å². The van der Waals surface area contributed by atoms with Crippen molar-refractivity contribution in [1.29, 1.82) is 0 Å². The van der Waals surface area contributed by atoms with Crippen molar-refractivity contribution < 1.29 is 19.3 Å². The first-order valence-corrected chi connectivity index (χ1v) is 13.1. The summed E-state index contributed by atoms with van der Waals surface area (Å²) in [7, 11) is 0. The van der Waals surface area contributed by atoms with Gasteiger partial charge in [0.2, 0.25) is 0 Å². The zero-order valence-corrected chi connectivity index (χ0v) is 20.7. The molecule has 0 amide bonds. The highest BCUT2D eigenvalue weighted by Gasteiger charge is 2.47. The maximum absolute atomic E-state index is 10.1. The Morgan fingerprint density at radius 1 is 1.20 bits per heavy atom. The molecule has 0 aliphatic carbocycles. The molecule has 10 nitrogen and oxygen atoms in total. The van der Waals surface area contributed by atoms with Gasteiger partial charge < -0.3 is 34.9 Å². The van der Waals surface area contributed by atoms with E-state index < -0.39 is 0 Å². The van der Waals surface area contributed by atoms with Crippen molar-refractivity contribution in [2.24, 2.45) is 11.1 Å². The fourth-order valence-corrected chi connectivity index (χ4v) is 6.52. The fourth-order valence-electron chi connectivity index (χ4n) is 5.66. The average molecular weight is 501 g/mol. The summed E-state index contributed by atoms with van der Waals surface area (Å²) in [5.41, 5.74) is 7.09. The van der Waals surface area contributed by atoms with Crippen LogP contribution in [0.3, 0.4) is 0 Å². The topological polar surface area (TPSA) is 119 Å². The van der Waals surface area contributed by atoms with E-state index in [4.69, 9.17) is 29.9 Å². The van der Waals surface area contributed by atoms with E-state index in [0.29, 0.717) is 30.5 Å². The standard InChI is InChI=1S/C24H32N6O4S/c1-15-21(25)24(14-34-15)3-6-29(7-4-24)22-17(11-31)28-19(10-27-22)35-18-2-5-26-23-20(18)33-13-16-12-32-9-8-30(16)23/h2,5,10,15-16,21,31H,3-4,6-9,11-14,25H2,1H3/t15-,16?,21+/m0/s1. The van der Waals surface area contributed by atoms with Crippen molar-refractivity contribution >= 4 is 23.4 Å². The molecule has 3 atom stereocenters. The number of pyridine rings is 1. The fraction of sp³-hybridized carbons (Fsp3) is 0.625. The molecule has 6 heterocycles. The van der Waals surface area contributed by atoms with Crippen LogP contribution in [0.5, 0.6) is 5.75 Å². The first-order valence-electron chi connectivity index (χ1n) is 12.3. The predicted octanol–water partition coefficient (Wildman–Crippen LogP) is 1.45. The van der Waals surface area contributed by atoms with E-state index in [-0.39, 0.29) is 30.2 Å². The summed E-state index contributed by atoms with van der Waals surface area (Å²) < 4.78 is 17.5. The predicted molar refractivity (Wildman–Crippen MR) is 131 cm³/mol. The van der Waals surface area contributed by atoms with E-state index in [9.17, 15) is 5.11 Å². The third kappa shape index (κ3) is 4.13. The lowest BCUT2D eigenvalue weighted by Gasteiger charge is -2.41. The van der Waals surface area contributed by atoms with Gasteiger partial charge in [-0.25, -0.2) is 15.0 Å². The van der Waals surface area contributed by atoms with Crippen LogP contribution in [0.4, 0.5) is 11.6 Å². The molecule has 1 spiro atoms. The van der Waals surface area contributed by atoms with Gasteiger partial charge in [0.1, 0.15) is 17.3 Å². The molecule has 6 rings (SSSR count). The molecule has 3 N–H and O–H groups in total. The van der Waals surface area contributed by atoms with E-state index in [1.54, 1.807) is 12.4 Å². The van der Waals surface area contributed by atoms with Crippen molar-refractivity contribution in [3.05, 3.63) is 24.2 Å². The Hall–Kier alpha value is -2.18. The van der Waals surface area contributed by atoms with Crippen LogP contribution >= 0.6 is 11.8 Å². The van der Waals surface area contributed by atoms with Crippen LogP contribution < -0.4 is 20.3 Å². The van der Waals surface area contributed by atoms with E-state index >= 15 is 0 Å². The highest BCUT2D eigenvalue weighted by molar-refractivity contribution is 7.99. The molecule has 188 valence electrons. The molecule has 35 heavy (non-hydrogen) atoms. The van der Waals surface area contributed by atoms with E-state index in [2.05, 4.69) is 21.7 Å². The zero-order chi connectivity index (χ0) is 24.0. The van der Waals surface area contributed by atoms with Crippen LogP contribution in [0.2, 0.25) is 0 Å². The molecule has 3 saturated heterocycles. The summed E-state index contributed by atoms with van der Waals surface area (Å²) in [6, 6.07) is 2.20. The number of aromatic nitrogens is 3. The lowest BCUT2D eigenvalue weighted by molar-refractivity contribution is 0.0689. The minimum absolute atomic E-state index is 0.0401. The number of hydrogen-bond acceptors (Lipinski definition) is 11. The Bertz CT molecular complexity index is 1080. The molecular weight excluding hydrogens is 468 g/mol. The molecule has 1 unspecified atom stereocenters. The second-order valence-corrected chi connectivity index (χ2v) is 10.9. The number of rotatable bonds is 4. The third-order valence-electron chi connectivity index (χ3n) is 7.84. The van der Waals surface area contributed by atoms with Crippen molar-refractivity contribution in [3.63, 3.8) is 0 Å². The maximum atomic E-state index is 10.1. The summed E-state index contributed by atoms with van der Waals surface area (Å²) in [5.74, 6) is 2.38. The first-order chi connectivity index (χ1) is 17.1. The van der Waals surface area contributed by atoms with Crippen LogP contribution in [-0.4, -0.2) is 84.3 Å². The number of nitrogens with two attached hydrogens (primary N) is 1. The van der Waals surface area contributed by atoms with Gasteiger partial charge in [0.25, 0.3) is 0 Å². The first kappa shape index (κ1) is 23.2. The summed E-state index contributed by atoms with van der Waals surface area (Å²) >= 11 is 1.48. The molecule has 0 aromatic carbocycles. The maximum Gasteiger partial charge on any atom is 0.175 e. The third-order valence-corrected chi connectivity index (χ3v) is 8.79. The molecular formula is C24H32N6O4S. The Balaban J connectivity index is 1.19. The number of aliphatic hydroxyl groups excluding tert-OH is 1. The molecule has 4 aliphatic heterocycles. The Morgan fingerprint density at radius 2 is 2.06 bits per heavy atom. The highest BCUT2D eigenvalue weighted by atomic mass is 32.2. The van der Waals surface area contributed by atoms with Crippen LogP contribution in [0.25, 0.3) is 0 Å². The van der Waals surface area contributed by atoms with Crippen molar-refractivity contribution in [2.45, 2.75) is 54.5 Å². The minimum atomic E-state index is -0.168. The Kier molecular flexibility index (Phi) is 6.21. The molecule has 0 radical (unpaired) electrons. The average Bonchev–Trinajstić information content (AvgIpc) is 3.17. The second-order valence-electron chi connectivity index (χ2n) is 9.82.